The minimum Gasteiger partial charge on any atom is -0.487 e. The third-order valence-corrected chi connectivity index (χ3v) is 5.64. The highest BCUT2D eigenvalue weighted by Crippen LogP contribution is 2.33. The van der Waals surface area contributed by atoms with E-state index in [1.165, 1.54) is 12.1 Å². The Bertz CT molecular complexity index is 1230. The number of nitrogens with one attached hydrogen (secondary N) is 1. The number of hydrogen-bond donors (Lipinski definition) is 2. The second kappa shape index (κ2) is 7.66. The molecule has 1 saturated carbocycles. The van der Waals surface area contributed by atoms with E-state index in [0.29, 0.717) is 17.2 Å². The van der Waals surface area contributed by atoms with Crippen molar-refractivity contribution >= 4 is 22.7 Å². The van der Waals surface area contributed by atoms with Gasteiger partial charge in [0.1, 0.15) is 29.3 Å². The number of aromatic nitrogens is 5. The number of aryl methyl sites for hydroxylation is 2. The van der Waals surface area contributed by atoms with Gasteiger partial charge >= 0.3 is 0 Å². The molecule has 0 saturated heterocycles. The summed E-state index contributed by atoms with van der Waals surface area (Å²) >= 11 is 0. The van der Waals surface area contributed by atoms with Gasteiger partial charge in [0.2, 0.25) is 0 Å². The number of anilines is 2. The van der Waals surface area contributed by atoms with Gasteiger partial charge in [0.05, 0.1) is 23.4 Å². The number of pyridine rings is 1. The Labute approximate surface area is 178 Å². The predicted molar refractivity (Wildman–Crippen MR) is 115 cm³/mol. The van der Waals surface area contributed by atoms with Gasteiger partial charge in [0, 0.05) is 31.8 Å². The topological polar surface area (TPSA) is 90.0 Å². The molecule has 1 fully saturated rings. The van der Waals surface area contributed by atoms with Crippen LogP contribution in [0.2, 0.25) is 0 Å². The molecule has 0 aliphatic heterocycles. The molecule has 2 unspecified atom stereocenters. The van der Waals surface area contributed by atoms with E-state index in [9.17, 15) is 9.50 Å². The van der Waals surface area contributed by atoms with Gasteiger partial charge in [-0.1, -0.05) is 0 Å². The number of nitrogens with zero attached hydrogens (tertiary/aromatic N) is 5. The highest BCUT2D eigenvalue weighted by molar-refractivity contribution is 5.84. The maximum Gasteiger partial charge on any atom is 0.163 e. The molecular weight excluding hydrogens is 399 g/mol. The fourth-order valence-electron chi connectivity index (χ4n) is 3.93. The van der Waals surface area contributed by atoms with Crippen molar-refractivity contribution < 1.29 is 14.2 Å². The van der Waals surface area contributed by atoms with Crippen LogP contribution in [0.15, 0.2) is 42.6 Å². The summed E-state index contributed by atoms with van der Waals surface area (Å²) < 4.78 is 22.8. The van der Waals surface area contributed by atoms with E-state index in [1.807, 2.05) is 26.2 Å². The summed E-state index contributed by atoms with van der Waals surface area (Å²) in [6, 6.07) is 9.91. The molecule has 2 atom stereocenters. The molecule has 1 aromatic carbocycles. The van der Waals surface area contributed by atoms with Gasteiger partial charge in [-0.2, -0.15) is 10.2 Å². The number of rotatable bonds is 5. The van der Waals surface area contributed by atoms with Crippen molar-refractivity contribution in [3.05, 3.63) is 48.4 Å². The first-order chi connectivity index (χ1) is 15.0. The lowest BCUT2D eigenvalue weighted by Crippen LogP contribution is -2.25. The summed E-state index contributed by atoms with van der Waals surface area (Å²) in [6.07, 6.45) is 3.53. The highest BCUT2D eigenvalue weighted by Gasteiger charge is 2.28. The van der Waals surface area contributed by atoms with Gasteiger partial charge in [-0.15, -0.1) is 0 Å². The lowest BCUT2D eigenvalue weighted by molar-refractivity contribution is 0.0614. The summed E-state index contributed by atoms with van der Waals surface area (Å²) in [6.45, 7) is 0. The molecule has 31 heavy (non-hydrogen) atoms. The molecule has 4 aromatic rings. The molecule has 5 rings (SSSR count). The third-order valence-electron chi connectivity index (χ3n) is 5.64. The van der Waals surface area contributed by atoms with Gasteiger partial charge in [-0.25, -0.2) is 9.37 Å². The van der Waals surface area contributed by atoms with Gasteiger partial charge in [-0.05, 0) is 43.5 Å². The number of aliphatic hydroxyl groups excluding tert-OH is 1. The summed E-state index contributed by atoms with van der Waals surface area (Å²) in [7, 11) is 3.65. The second-order valence-electron chi connectivity index (χ2n) is 7.84. The van der Waals surface area contributed by atoms with Crippen molar-refractivity contribution in [2.75, 3.05) is 5.32 Å². The predicted octanol–water partition coefficient (Wildman–Crippen LogP) is 3.54. The van der Waals surface area contributed by atoms with E-state index >= 15 is 0 Å². The van der Waals surface area contributed by atoms with Gasteiger partial charge in [0.15, 0.2) is 5.65 Å². The molecular formula is C22H23FN6O2. The summed E-state index contributed by atoms with van der Waals surface area (Å²) in [4.78, 5) is 4.68. The minimum absolute atomic E-state index is 0.236. The van der Waals surface area contributed by atoms with Crippen LogP contribution in [0, 0.1) is 5.82 Å². The second-order valence-corrected chi connectivity index (χ2v) is 7.84. The molecule has 1 aliphatic carbocycles. The van der Waals surface area contributed by atoms with Gasteiger partial charge in [-0.3, -0.25) is 9.36 Å². The Morgan fingerprint density at radius 2 is 1.94 bits per heavy atom. The standard InChI is InChI=1S/C22H23FN6O2/c1-28-21(10-16(27-28)13-6-8-14(23)9-7-13)25-20-11-19(31-18-5-3-4-17(18)30)15-12-24-29(2)22(15)26-20/h6-12,17-18,30H,3-5H2,1-2H3,(H,25,26). The normalized spacial score (nSPS) is 18.6. The van der Waals surface area contributed by atoms with E-state index in [-0.39, 0.29) is 11.9 Å². The minimum atomic E-state index is -0.466. The SMILES string of the molecule is Cn1nc(-c2ccc(F)cc2)cc1Nc1cc(OC2CCCC2O)c2cnn(C)c2n1. The van der Waals surface area contributed by atoms with Crippen LogP contribution in [-0.4, -0.2) is 41.9 Å². The molecule has 0 amide bonds. The van der Waals surface area contributed by atoms with E-state index in [4.69, 9.17) is 4.74 Å². The summed E-state index contributed by atoms with van der Waals surface area (Å²) in [5.41, 5.74) is 2.21. The Balaban J connectivity index is 1.48. The molecule has 0 spiro atoms. The fraction of sp³-hybridized carbons (Fsp3) is 0.318. The molecule has 8 nitrogen and oxygen atoms in total. The Morgan fingerprint density at radius 1 is 1.13 bits per heavy atom. The van der Waals surface area contributed by atoms with Crippen LogP contribution in [-0.2, 0) is 14.1 Å². The zero-order valence-electron chi connectivity index (χ0n) is 17.3. The first-order valence-electron chi connectivity index (χ1n) is 10.2. The van der Waals surface area contributed by atoms with Crippen LogP contribution < -0.4 is 10.1 Å². The van der Waals surface area contributed by atoms with Crippen LogP contribution in [0.4, 0.5) is 16.0 Å². The fourth-order valence-corrected chi connectivity index (χ4v) is 3.93. The molecule has 3 heterocycles. The van der Waals surface area contributed by atoms with Gasteiger partial charge < -0.3 is 15.2 Å². The first-order valence-corrected chi connectivity index (χ1v) is 10.2. The maximum absolute atomic E-state index is 13.2. The van der Waals surface area contributed by atoms with Crippen molar-refractivity contribution in [1.29, 1.82) is 0 Å². The van der Waals surface area contributed by atoms with Crippen LogP contribution in [0.5, 0.6) is 5.75 Å². The molecule has 0 radical (unpaired) electrons. The largest absolute Gasteiger partial charge is 0.487 e. The van der Waals surface area contributed by atoms with Crippen LogP contribution in [0.25, 0.3) is 22.3 Å². The molecule has 3 aromatic heterocycles. The van der Waals surface area contributed by atoms with E-state index in [0.717, 1.165) is 41.7 Å². The van der Waals surface area contributed by atoms with Crippen molar-refractivity contribution in [3.63, 3.8) is 0 Å². The lowest BCUT2D eigenvalue weighted by Gasteiger charge is -2.18. The maximum atomic E-state index is 13.2. The number of halogens is 1. The Hall–Kier alpha value is -3.46. The number of ether oxygens (including phenoxy) is 1. The van der Waals surface area contributed by atoms with Crippen molar-refractivity contribution in [3.8, 4) is 17.0 Å². The summed E-state index contributed by atoms with van der Waals surface area (Å²) in [5.74, 6) is 1.64. The van der Waals surface area contributed by atoms with Crippen LogP contribution in [0.3, 0.4) is 0 Å². The average molecular weight is 422 g/mol. The van der Waals surface area contributed by atoms with Gasteiger partial charge in [0.25, 0.3) is 0 Å². The highest BCUT2D eigenvalue weighted by atomic mass is 19.1. The quantitative estimate of drug-likeness (QED) is 0.511. The van der Waals surface area contributed by atoms with Crippen molar-refractivity contribution in [2.45, 2.75) is 31.5 Å². The molecule has 0 bridgehead atoms. The van der Waals surface area contributed by atoms with Crippen LogP contribution in [0.1, 0.15) is 19.3 Å². The van der Waals surface area contributed by atoms with Crippen LogP contribution >= 0.6 is 0 Å². The lowest BCUT2D eigenvalue weighted by atomic mass is 10.1. The Kier molecular flexibility index (Phi) is 4.82. The monoisotopic (exact) mass is 422 g/mol. The zero-order valence-corrected chi connectivity index (χ0v) is 17.3. The average Bonchev–Trinajstić information content (AvgIpc) is 3.43. The van der Waals surface area contributed by atoms with Crippen molar-refractivity contribution in [1.82, 2.24) is 24.5 Å². The molecule has 160 valence electrons. The first kappa shape index (κ1) is 19.5. The molecule has 9 heteroatoms. The zero-order chi connectivity index (χ0) is 21.5. The number of fused-ring (bicyclic) bond motifs is 1. The Morgan fingerprint density at radius 3 is 2.68 bits per heavy atom. The number of aliphatic hydroxyl groups is 1. The number of hydrogen-bond acceptors (Lipinski definition) is 6. The van der Waals surface area contributed by atoms with E-state index in [2.05, 4.69) is 20.5 Å². The molecule has 2 N–H and O–H groups in total. The number of benzene rings is 1. The third kappa shape index (κ3) is 3.72. The summed E-state index contributed by atoms with van der Waals surface area (Å²) in [5, 5.41) is 23.1. The van der Waals surface area contributed by atoms with Crippen molar-refractivity contribution in [2.24, 2.45) is 14.1 Å². The smallest absolute Gasteiger partial charge is 0.163 e. The molecule has 1 aliphatic rings. The van der Waals surface area contributed by atoms with E-state index in [1.54, 1.807) is 27.7 Å². The van der Waals surface area contributed by atoms with E-state index < -0.39 is 6.10 Å².